The highest BCUT2D eigenvalue weighted by atomic mass is 32.2. The Morgan fingerprint density at radius 3 is 2.73 bits per heavy atom. The molecule has 2 amide bonds. The topological polar surface area (TPSA) is 121 Å². The number of carbonyl (C=O) groups excluding carboxylic acids is 2. The van der Waals surface area contributed by atoms with Gasteiger partial charge in [-0.05, 0) is 12.5 Å². The number of anilines is 1. The number of thioether (sulfide) groups is 1. The van der Waals surface area contributed by atoms with Crippen LogP contribution in [0.2, 0.25) is 0 Å². The Balaban J connectivity index is 1.54. The Morgan fingerprint density at radius 1 is 1.23 bits per heavy atom. The average molecular weight is 379 g/mol. The molecule has 0 aliphatic carbocycles. The maximum absolute atomic E-state index is 13.3. The normalized spacial score (nSPS) is 15.0. The van der Waals surface area contributed by atoms with E-state index in [1.54, 1.807) is 9.80 Å². The van der Waals surface area contributed by atoms with Gasteiger partial charge in [-0.15, -0.1) is 5.10 Å². The number of aromatic amines is 1. The first-order chi connectivity index (χ1) is 12.5. The predicted molar refractivity (Wildman–Crippen MR) is 92.8 cm³/mol. The van der Waals surface area contributed by atoms with Gasteiger partial charge in [0.1, 0.15) is 5.82 Å². The number of carbonyl (C=O) groups is 2. The Labute approximate surface area is 153 Å². The highest BCUT2D eigenvalue weighted by Gasteiger charge is 2.23. The lowest BCUT2D eigenvalue weighted by molar-refractivity contribution is -0.128. The van der Waals surface area contributed by atoms with Gasteiger partial charge in [-0.25, -0.2) is 9.49 Å². The molecule has 0 unspecified atom stereocenters. The molecular weight excluding hydrogens is 361 g/mol. The fourth-order valence-corrected chi connectivity index (χ4v) is 3.33. The fraction of sp³-hybridized carbons (Fsp3) is 0.400. The number of nitrogens with two attached hydrogens (primary N) is 1. The highest BCUT2D eigenvalue weighted by molar-refractivity contribution is 7.99. The number of hydrogen-bond acceptors (Lipinski definition) is 7. The third kappa shape index (κ3) is 4.48. The van der Waals surface area contributed by atoms with E-state index >= 15 is 0 Å². The maximum atomic E-state index is 13.3. The number of pyridine rings is 1. The summed E-state index contributed by atoms with van der Waals surface area (Å²) in [5.74, 6) is -0.487. The van der Waals surface area contributed by atoms with Crippen molar-refractivity contribution in [1.29, 1.82) is 0 Å². The van der Waals surface area contributed by atoms with Crippen LogP contribution in [0, 0.1) is 5.82 Å². The van der Waals surface area contributed by atoms with Crippen molar-refractivity contribution in [3.8, 4) is 0 Å². The van der Waals surface area contributed by atoms with E-state index in [-0.39, 0.29) is 29.1 Å². The summed E-state index contributed by atoms with van der Waals surface area (Å²) < 4.78 is 13.3. The van der Waals surface area contributed by atoms with Crippen LogP contribution in [0.4, 0.5) is 10.3 Å². The van der Waals surface area contributed by atoms with Gasteiger partial charge in [0, 0.05) is 32.4 Å². The average Bonchev–Trinajstić information content (AvgIpc) is 2.90. The molecule has 0 spiro atoms. The number of H-pyrrole nitrogens is 1. The number of hydrogen-bond donors (Lipinski definition) is 2. The monoisotopic (exact) mass is 379 g/mol. The molecule has 26 heavy (non-hydrogen) atoms. The quantitative estimate of drug-likeness (QED) is 0.737. The molecule has 2 aromatic rings. The number of halogens is 1. The molecule has 3 heterocycles. The summed E-state index contributed by atoms with van der Waals surface area (Å²) in [6.45, 7) is 1.87. The number of amides is 2. The van der Waals surface area contributed by atoms with E-state index in [1.807, 2.05) is 0 Å². The van der Waals surface area contributed by atoms with Crippen molar-refractivity contribution in [2.24, 2.45) is 0 Å². The number of aromatic nitrogens is 4. The zero-order valence-corrected chi connectivity index (χ0v) is 14.7. The first kappa shape index (κ1) is 18.1. The van der Waals surface area contributed by atoms with Gasteiger partial charge in [-0.1, -0.05) is 11.8 Å². The first-order valence-electron chi connectivity index (χ1n) is 8.01. The molecule has 1 fully saturated rings. The van der Waals surface area contributed by atoms with Crippen molar-refractivity contribution < 1.29 is 14.0 Å². The van der Waals surface area contributed by atoms with Crippen LogP contribution >= 0.6 is 11.8 Å². The molecule has 0 atom stereocenters. The minimum absolute atomic E-state index is 0.0555. The Kier molecular flexibility index (Phi) is 5.66. The molecule has 0 bridgehead atoms. The van der Waals surface area contributed by atoms with Gasteiger partial charge < -0.3 is 15.5 Å². The molecule has 3 N–H and O–H groups in total. The lowest BCUT2D eigenvalue weighted by Gasteiger charge is -2.22. The molecule has 0 radical (unpaired) electrons. The van der Waals surface area contributed by atoms with Crippen LogP contribution in [-0.2, 0) is 4.79 Å². The predicted octanol–water partition coefficient (Wildman–Crippen LogP) is 0.388. The van der Waals surface area contributed by atoms with E-state index in [1.165, 1.54) is 24.0 Å². The summed E-state index contributed by atoms with van der Waals surface area (Å²) in [7, 11) is 0. The van der Waals surface area contributed by atoms with Crippen LogP contribution in [0.15, 0.2) is 23.6 Å². The molecule has 138 valence electrons. The van der Waals surface area contributed by atoms with Crippen molar-refractivity contribution in [2.45, 2.75) is 11.6 Å². The third-order valence-electron chi connectivity index (χ3n) is 3.89. The van der Waals surface area contributed by atoms with Crippen molar-refractivity contribution >= 4 is 29.5 Å². The van der Waals surface area contributed by atoms with Gasteiger partial charge in [0.2, 0.25) is 17.0 Å². The van der Waals surface area contributed by atoms with Gasteiger partial charge in [-0.2, -0.15) is 4.98 Å². The molecule has 0 saturated carbocycles. The highest BCUT2D eigenvalue weighted by Crippen LogP contribution is 2.15. The Hall–Kier alpha value is -2.69. The van der Waals surface area contributed by atoms with Crippen molar-refractivity contribution in [3.05, 3.63) is 29.8 Å². The summed E-state index contributed by atoms with van der Waals surface area (Å²) in [5, 5.41) is 6.80. The lowest BCUT2D eigenvalue weighted by atomic mass is 10.2. The van der Waals surface area contributed by atoms with E-state index in [0.29, 0.717) is 37.8 Å². The van der Waals surface area contributed by atoms with Crippen LogP contribution in [0.5, 0.6) is 0 Å². The zero-order chi connectivity index (χ0) is 18.5. The number of nitrogen functional groups attached to an aromatic ring is 1. The molecule has 1 aliphatic rings. The van der Waals surface area contributed by atoms with Crippen LogP contribution in [-0.4, -0.2) is 73.7 Å². The standard InChI is InChI=1S/C15H18FN7O2S/c16-11-6-10(7-18-8-11)13(25)23-3-1-2-22(4-5-23)12(24)9-26-15-19-14(17)20-21-15/h6-8H,1-5,9H2,(H3,17,19,20,21). The Morgan fingerprint density at radius 2 is 2.00 bits per heavy atom. The minimum Gasteiger partial charge on any atom is -0.368 e. The summed E-state index contributed by atoms with van der Waals surface area (Å²) in [5.41, 5.74) is 5.66. The number of nitrogens with one attached hydrogen (secondary N) is 1. The van der Waals surface area contributed by atoms with E-state index in [4.69, 9.17) is 5.73 Å². The van der Waals surface area contributed by atoms with Gasteiger partial charge in [-0.3, -0.25) is 14.6 Å². The SMILES string of the molecule is Nc1nc(SCC(=O)N2CCCN(C(=O)c3cncc(F)c3)CC2)n[nH]1. The van der Waals surface area contributed by atoms with Crippen LogP contribution < -0.4 is 5.73 Å². The minimum atomic E-state index is -0.549. The summed E-state index contributed by atoms with van der Waals surface area (Å²) in [6, 6.07) is 1.17. The molecule has 2 aromatic heterocycles. The van der Waals surface area contributed by atoms with E-state index < -0.39 is 5.82 Å². The molecule has 1 saturated heterocycles. The van der Waals surface area contributed by atoms with Crippen molar-refractivity contribution in [2.75, 3.05) is 37.7 Å². The molecule has 3 rings (SSSR count). The lowest BCUT2D eigenvalue weighted by Crippen LogP contribution is -2.38. The summed E-state index contributed by atoms with van der Waals surface area (Å²) in [6.07, 6.45) is 3.05. The van der Waals surface area contributed by atoms with Crippen molar-refractivity contribution in [1.82, 2.24) is 30.0 Å². The van der Waals surface area contributed by atoms with Crippen LogP contribution in [0.3, 0.4) is 0 Å². The second-order valence-electron chi connectivity index (χ2n) is 5.71. The van der Waals surface area contributed by atoms with E-state index in [2.05, 4.69) is 20.2 Å². The first-order valence-corrected chi connectivity index (χ1v) is 9.00. The van der Waals surface area contributed by atoms with E-state index in [0.717, 1.165) is 6.20 Å². The number of nitrogens with zero attached hydrogens (tertiary/aromatic N) is 5. The largest absolute Gasteiger partial charge is 0.368 e. The molecule has 9 nitrogen and oxygen atoms in total. The van der Waals surface area contributed by atoms with Gasteiger partial charge in [0.25, 0.3) is 5.91 Å². The van der Waals surface area contributed by atoms with Gasteiger partial charge in [0.05, 0.1) is 17.5 Å². The second kappa shape index (κ2) is 8.13. The maximum Gasteiger partial charge on any atom is 0.255 e. The fourth-order valence-electron chi connectivity index (χ4n) is 2.62. The molecule has 0 aromatic carbocycles. The molecule has 1 aliphatic heterocycles. The van der Waals surface area contributed by atoms with Crippen molar-refractivity contribution in [3.63, 3.8) is 0 Å². The van der Waals surface area contributed by atoms with E-state index in [9.17, 15) is 14.0 Å². The van der Waals surface area contributed by atoms with Crippen LogP contribution in [0.1, 0.15) is 16.8 Å². The molecular formula is C15H18FN7O2S. The third-order valence-corrected chi connectivity index (χ3v) is 4.73. The summed E-state index contributed by atoms with van der Waals surface area (Å²) in [4.78, 5) is 35.8. The van der Waals surface area contributed by atoms with Gasteiger partial charge in [0.15, 0.2) is 0 Å². The zero-order valence-electron chi connectivity index (χ0n) is 13.9. The number of rotatable bonds is 4. The van der Waals surface area contributed by atoms with Crippen LogP contribution in [0.25, 0.3) is 0 Å². The Bertz CT molecular complexity index is 800. The van der Waals surface area contributed by atoms with Gasteiger partial charge >= 0.3 is 0 Å². The molecule has 11 heteroatoms. The second-order valence-corrected chi connectivity index (χ2v) is 6.65. The smallest absolute Gasteiger partial charge is 0.255 e. The summed E-state index contributed by atoms with van der Waals surface area (Å²) >= 11 is 1.20.